The number of carbonyl (C=O) groups is 3. The molecular formula is C32H41FN6O6S. The van der Waals surface area contributed by atoms with Gasteiger partial charge in [-0.25, -0.2) is 22.8 Å². The molecule has 5 atom stereocenters. The fourth-order valence-corrected chi connectivity index (χ4v) is 7.68. The summed E-state index contributed by atoms with van der Waals surface area (Å²) in [5, 5.41) is 2.85. The maximum absolute atomic E-state index is 14.0. The van der Waals surface area contributed by atoms with Gasteiger partial charge >= 0.3 is 0 Å². The van der Waals surface area contributed by atoms with Gasteiger partial charge < -0.3 is 20.7 Å². The standard InChI is InChI=1S/C32H41FN6O6S/c1-3-23-28(36-25-15-20(33)11-12-24(25)35-23)45-21-16-26-27(40)37-32(30(42)38-46(43,44)31(2)13-14-31)17-19(32)9-7-5-4-6-8-10-22(34)29(41)39(26)18-21/h7,9,11-12,15,19,21-22,26H,3-6,8,10,13-14,16-18,34H2,1-2H3,(H,37,40)(H,38,42)/t19-,21-,22+,26+,32-/m1/s1. The zero-order chi connectivity index (χ0) is 32.9. The van der Waals surface area contributed by atoms with Crippen LogP contribution in [-0.2, 0) is 30.8 Å². The topological polar surface area (TPSA) is 174 Å². The summed E-state index contributed by atoms with van der Waals surface area (Å²) >= 11 is 0. The van der Waals surface area contributed by atoms with Crippen molar-refractivity contribution >= 4 is 38.8 Å². The summed E-state index contributed by atoms with van der Waals surface area (Å²) in [6.07, 6.45) is 8.50. The Labute approximate surface area is 267 Å². The molecule has 1 aromatic carbocycles. The lowest BCUT2D eigenvalue weighted by atomic mass is 10.1. The van der Waals surface area contributed by atoms with Crippen molar-refractivity contribution in [1.29, 1.82) is 0 Å². The molecule has 4 aliphatic rings. The van der Waals surface area contributed by atoms with Crippen LogP contribution < -0.4 is 20.5 Å². The summed E-state index contributed by atoms with van der Waals surface area (Å²) in [7, 11) is -3.94. The van der Waals surface area contributed by atoms with Gasteiger partial charge in [-0.1, -0.05) is 31.9 Å². The molecule has 14 heteroatoms. The Balaban J connectivity index is 1.28. The van der Waals surface area contributed by atoms with Crippen LogP contribution in [0, 0.1) is 11.7 Å². The number of hydrogen-bond donors (Lipinski definition) is 3. The average molecular weight is 657 g/mol. The Hall–Kier alpha value is -3.65. The van der Waals surface area contributed by atoms with E-state index in [4.69, 9.17) is 10.5 Å². The van der Waals surface area contributed by atoms with Crippen LogP contribution in [0.25, 0.3) is 11.0 Å². The zero-order valence-corrected chi connectivity index (χ0v) is 26.9. The maximum Gasteiger partial charge on any atom is 0.259 e. The number of hydrogen-bond acceptors (Lipinski definition) is 9. The quantitative estimate of drug-likeness (QED) is 0.395. The van der Waals surface area contributed by atoms with Gasteiger partial charge in [-0.3, -0.25) is 19.1 Å². The third-order valence-corrected chi connectivity index (χ3v) is 12.0. The largest absolute Gasteiger partial charge is 0.471 e. The van der Waals surface area contributed by atoms with Gasteiger partial charge in [-0.05, 0) is 64.0 Å². The minimum Gasteiger partial charge on any atom is -0.471 e. The van der Waals surface area contributed by atoms with Crippen molar-refractivity contribution in [2.24, 2.45) is 11.7 Å². The number of sulfonamides is 1. The van der Waals surface area contributed by atoms with Crippen LogP contribution in [0.2, 0.25) is 0 Å². The first kappa shape index (κ1) is 32.3. The lowest BCUT2D eigenvalue weighted by molar-refractivity contribution is -0.140. The number of nitrogens with two attached hydrogens (primary N) is 1. The molecule has 46 heavy (non-hydrogen) atoms. The molecule has 248 valence electrons. The van der Waals surface area contributed by atoms with Gasteiger partial charge in [0.15, 0.2) is 0 Å². The summed E-state index contributed by atoms with van der Waals surface area (Å²) in [5.41, 5.74) is 6.24. The van der Waals surface area contributed by atoms with Crippen molar-refractivity contribution in [3.05, 3.63) is 41.9 Å². The number of amides is 3. The van der Waals surface area contributed by atoms with Crippen molar-refractivity contribution < 1.29 is 31.9 Å². The summed E-state index contributed by atoms with van der Waals surface area (Å²) in [6, 6.07) is 2.25. The van der Waals surface area contributed by atoms with Crippen LogP contribution >= 0.6 is 0 Å². The highest BCUT2D eigenvalue weighted by molar-refractivity contribution is 7.91. The zero-order valence-electron chi connectivity index (χ0n) is 26.1. The van der Waals surface area contributed by atoms with Gasteiger partial charge in [0.1, 0.15) is 29.2 Å². The summed E-state index contributed by atoms with van der Waals surface area (Å²) < 4.78 is 47.4. The van der Waals surface area contributed by atoms with E-state index in [0.29, 0.717) is 42.4 Å². The van der Waals surface area contributed by atoms with Crippen molar-refractivity contribution in [3.63, 3.8) is 0 Å². The summed E-state index contributed by atoms with van der Waals surface area (Å²) in [4.78, 5) is 51.8. The minimum atomic E-state index is -3.94. The highest BCUT2D eigenvalue weighted by Crippen LogP contribution is 2.47. The predicted octanol–water partition coefficient (Wildman–Crippen LogP) is 2.40. The molecule has 1 aromatic heterocycles. The Kier molecular flexibility index (Phi) is 8.55. The number of nitrogens with one attached hydrogen (secondary N) is 2. The number of aryl methyl sites for hydroxylation is 1. The van der Waals surface area contributed by atoms with Crippen LogP contribution in [0.3, 0.4) is 0 Å². The van der Waals surface area contributed by atoms with Gasteiger partial charge in [0, 0.05) is 18.4 Å². The average Bonchev–Trinajstić information content (AvgIpc) is 3.89. The number of halogens is 1. The van der Waals surface area contributed by atoms with Crippen molar-refractivity contribution in [2.45, 2.75) is 107 Å². The molecule has 2 saturated carbocycles. The maximum atomic E-state index is 14.0. The second-order valence-corrected chi connectivity index (χ2v) is 15.5. The Morgan fingerprint density at radius 2 is 1.98 bits per heavy atom. The van der Waals surface area contributed by atoms with E-state index in [1.165, 1.54) is 17.0 Å². The molecule has 0 bridgehead atoms. The monoisotopic (exact) mass is 656 g/mol. The SMILES string of the molecule is CCc1nc2ccc(F)cc2nc1O[C@@H]1C[C@H]2C(=O)N[C@]3(C(=O)NS(=O)(=O)C4(C)CC4)C[C@H]3C=CCCCCC[C@H](N)C(=O)N2C1. The van der Waals surface area contributed by atoms with Gasteiger partial charge in [0.2, 0.25) is 27.7 Å². The normalized spacial score (nSPS) is 29.6. The minimum absolute atomic E-state index is 0.0336. The first-order chi connectivity index (χ1) is 21.9. The first-order valence-electron chi connectivity index (χ1n) is 16.1. The number of fused-ring (bicyclic) bond motifs is 3. The predicted molar refractivity (Wildman–Crippen MR) is 167 cm³/mol. The molecule has 0 spiro atoms. The van der Waals surface area contributed by atoms with Crippen LogP contribution in [0.5, 0.6) is 5.88 Å². The van der Waals surface area contributed by atoms with Crippen LogP contribution in [-0.4, -0.2) is 76.0 Å². The molecule has 2 aromatic rings. The molecule has 0 unspecified atom stereocenters. The lowest BCUT2D eigenvalue weighted by Crippen LogP contribution is -2.58. The van der Waals surface area contributed by atoms with Crippen molar-refractivity contribution in [1.82, 2.24) is 24.9 Å². The highest BCUT2D eigenvalue weighted by Gasteiger charge is 2.63. The van der Waals surface area contributed by atoms with Crippen LogP contribution in [0.15, 0.2) is 30.4 Å². The number of allylic oxidation sites excluding steroid dienone is 1. The molecule has 1 saturated heterocycles. The van der Waals surface area contributed by atoms with Gasteiger partial charge in [-0.15, -0.1) is 0 Å². The van der Waals surface area contributed by atoms with Gasteiger partial charge in [-0.2, -0.15) is 0 Å². The van der Waals surface area contributed by atoms with Gasteiger partial charge in [0.05, 0.1) is 28.4 Å². The fourth-order valence-electron chi connectivity index (χ4n) is 6.37. The van der Waals surface area contributed by atoms with Crippen LogP contribution in [0.1, 0.15) is 77.3 Å². The molecule has 3 fully saturated rings. The molecule has 6 rings (SSSR count). The van der Waals surface area contributed by atoms with Crippen LogP contribution in [0.4, 0.5) is 4.39 Å². The third-order valence-electron chi connectivity index (χ3n) is 9.79. The van der Waals surface area contributed by atoms with E-state index in [1.54, 1.807) is 13.0 Å². The molecule has 12 nitrogen and oxygen atoms in total. The smallest absolute Gasteiger partial charge is 0.259 e. The van der Waals surface area contributed by atoms with E-state index in [9.17, 15) is 27.2 Å². The number of carbonyl (C=O) groups excluding carboxylic acids is 3. The molecule has 2 aliphatic carbocycles. The molecular weight excluding hydrogens is 615 g/mol. The Morgan fingerprint density at radius 1 is 1.20 bits per heavy atom. The Morgan fingerprint density at radius 3 is 2.72 bits per heavy atom. The number of nitrogens with zero attached hydrogens (tertiary/aromatic N) is 3. The van der Waals surface area contributed by atoms with E-state index >= 15 is 0 Å². The second kappa shape index (κ2) is 12.2. The lowest BCUT2D eigenvalue weighted by Gasteiger charge is -2.28. The van der Waals surface area contributed by atoms with E-state index in [1.807, 2.05) is 19.1 Å². The molecule has 4 N–H and O–H groups in total. The summed E-state index contributed by atoms with van der Waals surface area (Å²) in [5.74, 6) is -2.46. The Bertz CT molecular complexity index is 1700. The molecule has 2 aliphatic heterocycles. The van der Waals surface area contributed by atoms with Crippen molar-refractivity contribution in [2.75, 3.05) is 6.54 Å². The molecule has 3 heterocycles. The second-order valence-electron chi connectivity index (χ2n) is 13.3. The number of aromatic nitrogens is 2. The number of benzene rings is 1. The molecule has 3 amide bonds. The van der Waals surface area contributed by atoms with E-state index in [2.05, 4.69) is 20.0 Å². The van der Waals surface area contributed by atoms with Crippen molar-refractivity contribution in [3.8, 4) is 5.88 Å². The number of ether oxygens (including phenoxy) is 1. The molecule has 0 radical (unpaired) electrons. The van der Waals surface area contributed by atoms with E-state index in [0.717, 1.165) is 25.7 Å². The third kappa shape index (κ3) is 6.20. The fraction of sp³-hybridized carbons (Fsp3) is 0.594. The summed E-state index contributed by atoms with van der Waals surface area (Å²) in [6.45, 7) is 3.51. The first-order valence-corrected chi connectivity index (χ1v) is 17.6. The van der Waals surface area contributed by atoms with E-state index < -0.39 is 68.0 Å². The van der Waals surface area contributed by atoms with E-state index in [-0.39, 0.29) is 25.3 Å². The number of rotatable bonds is 6. The highest BCUT2D eigenvalue weighted by atomic mass is 32.2. The van der Waals surface area contributed by atoms with Gasteiger partial charge in [0.25, 0.3) is 5.91 Å².